The van der Waals surface area contributed by atoms with Gasteiger partial charge in [-0.1, -0.05) is 11.6 Å². The van der Waals surface area contributed by atoms with Crippen LogP contribution in [-0.4, -0.2) is 67.5 Å². The Morgan fingerprint density at radius 3 is 2.32 bits per heavy atom. The summed E-state index contributed by atoms with van der Waals surface area (Å²) in [5.41, 5.74) is 1.64. The van der Waals surface area contributed by atoms with Crippen LogP contribution in [0.25, 0.3) is 0 Å². The zero-order valence-electron chi connectivity index (χ0n) is 17.6. The molecule has 0 saturated carbocycles. The molecule has 7 nitrogen and oxygen atoms in total. The van der Waals surface area contributed by atoms with Gasteiger partial charge in [0.1, 0.15) is 5.82 Å². The molecule has 0 atom stereocenters. The molecule has 0 radical (unpaired) electrons. The number of nitrogens with one attached hydrogen (secondary N) is 1. The van der Waals surface area contributed by atoms with E-state index in [1.807, 2.05) is 29.2 Å². The van der Waals surface area contributed by atoms with Gasteiger partial charge in [0, 0.05) is 56.2 Å². The molecule has 1 N–H and O–H groups in total. The molecule has 2 aliphatic rings. The van der Waals surface area contributed by atoms with Crippen LogP contribution < -0.4 is 15.1 Å². The van der Waals surface area contributed by atoms with Crippen LogP contribution in [0.15, 0.2) is 42.6 Å². The lowest BCUT2D eigenvalue weighted by Crippen LogP contribution is -2.51. The summed E-state index contributed by atoms with van der Waals surface area (Å²) in [7, 11) is 0. The van der Waals surface area contributed by atoms with Gasteiger partial charge in [-0.2, -0.15) is 0 Å². The summed E-state index contributed by atoms with van der Waals surface area (Å²) in [5.74, 6) is 0.401. The summed E-state index contributed by atoms with van der Waals surface area (Å²) in [5, 5.41) is 3.51. The van der Waals surface area contributed by atoms with Crippen molar-refractivity contribution in [3.05, 3.63) is 53.2 Å². The molecule has 0 bridgehead atoms. The van der Waals surface area contributed by atoms with Crippen LogP contribution in [0.2, 0.25) is 5.02 Å². The van der Waals surface area contributed by atoms with Crippen molar-refractivity contribution in [1.29, 1.82) is 0 Å². The smallest absolute Gasteiger partial charge is 0.255 e. The number of piperazine rings is 1. The number of aromatic nitrogens is 1. The van der Waals surface area contributed by atoms with Crippen LogP contribution in [0.1, 0.15) is 29.6 Å². The highest BCUT2D eigenvalue weighted by Crippen LogP contribution is 2.22. The van der Waals surface area contributed by atoms with Gasteiger partial charge in [0.15, 0.2) is 0 Å². The van der Waals surface area contributed by atoms with E-state index in [1.165, 1.54) is 6.42 Å². The number of benzene rings is 1. The van der Waals surface area contributed by atoms with Crippen molar-refractivity contribution < 1.29 is 9.59 Å². The van der Waals surface area contributed by atoms with E-state index < -0.39 is 0 Å². The molecule has 0 spiro atoms. The van der Waals surface area contributed by atoms with Crippen molar-refractivity contribution in [2.45, 2.75) is 19.3 Å². The maximum absolute atomic E-state index is 12.8. The predicted octanol–water partition coefficient (Wildman–Crippen LogP) is 2.80. The molecule has 2 aliphatic heterocycles. The normalized spacial score (nSPS) is 16.9. The first-order valence-corrected chi connectivity index (χ1v) is 11.3. The first-order valence-electron chi connectivity index (χ1n) is 10.9. The third-order valence-corrected chi connectivity index (χ3v) is 6.16. The molecule has 8 heteroatoms. The Kier molecular flexibility index (Phi) is 6.92. The lowest BCUT2D eigenvalue weighted by atomic mass is 10.1. The maximum atomic E-state index is 12.8. The van der Waals surface area contributed by atoms with Crippen molar-refractivity contribution in [3.63, 3.8) is 0 Å². The summed E-state index contributed by atoms with van der Waals surface area (Å²) >= 11 is 5.96. The first-order chi connectivity index (χ1) is 15.1. The lowest BCUT2D eigenvalue weighted by molar-refractivity contribution is -0.130. The Morgan fingerprint density at radius 1 is 0.903 bits per heavy atom. The van der Waals surface area contributed by atoms with Crippen molar-refractivity contribution in [2.24, 2.45) is 0 Å². The first kappa shape index (κ1) is 21.4. The van der Waals surface area contributed by atoms with Crippen molar-refractivity contribution in [2.75, 3.05) is 55.6 Å². The third-order valence-electron chi connectivity index (χ3n) is 5.91. The fraction of sp³-hybridized carbons (Fsp3) is 0.435. The Hall–Kier alpha value is -2.80. The van der Waals surface area contributed by atoms with Gasteiger partial charge < -0.3 is 20.0 Å². The van der Waals surface area contributed by atoms with E-state index in [0.29, 0.717) is 29.5 Å². The number of carbonyl (C=O) groups is 2. The fourth-order valence-corrected chi connectivity index (χ4v) is 4.29. The molecular formula is C23H28ClN5O2. The lowest BCUT2D eigenvalue weighted by Gasteiger charge is -2.36. The van der Waals surface area contributed by atoms with Crippen LogP contribution in [-0.2, 0) is 4.79 Å². The minimum atomic E-state index is -0.248. The minimum absolute atomic E-state index is 0.00584. The highest BCUT2D eigenvalue weighted by Gasteiger charge is 2.23. The minimum Gasteiger partial charge on any atom is -0.368 e. The van der Waals surface area contributed by atoms with E-state index in [4.69, 9.17) is 11.6 Å². The molecule has 31 heavy (non-hydrogen) atoms. The average Bonchev–Trinajstić information content (AvgIpc) is 2.83. The maximum Gasteiger partial charge on any atom is 0.255 e. The summed E-state index contributed by atoms with van der Waals surface area (Å²) in [4.78, 5) is 36.1. The number of nitrogens with zero attached hydrogens (tertiary/aromatic N) is 4. The van der Waals surface area contributed by atoms with Gasteiger partial charge in [0.25, 0.3) is 5.91 Å². The second-order valence-electron chi connectivity index (χ2n) is 7.95. The average molecular weight is 442 g/mol. The fourth-order valence-electron chi connectivity index (χ4n) is 4.16. The molecule has 0 aliphatic carbocycles. The standard InChI is InChI=1S/C23H28ClN5O2/c24-18-6-8-19(9-7-18)27-13-15-28(16-14-27)21(30)17-26-23(31)20-5-4-10-25-22(20)29-11-2-1-3-12-29/h4-10H,1-3,11-17H2,(H,26,31). The number of carbonyl (C=O) groups excluding carboxylic acids is 2. The second kappa shape index (κ2) is 10.0. The molecular weight excluding hydrogens is 414 g/mol. The quantitative estimate of drug-likeness (QED) is 0.772. The molecule has 3 heterocycles. The largest absolute Gasteiger partial charge is 0.368 e. The second-order valence-corrected chi connectivity index (χ2v) is 8.39. The van der Waals surface area contributed by atoms with Crippen LogP contribution in [0.4, 0.5) is 11.5 Å². The van der Waals surface area contributed by atoms with Gasteiger partial charge in [-0.25, -0.2) is 4.98 Å². The molecule has 2 aromatic rings. The summed E-state index contributed by atoms with van der Waals surface area (Å²) < 4.78 is 0. The van der Waals surface area contributed by atoms with Crippen LogP contribution in [0.5, 0.6) is 0 Å². The summed E-state index contributed by atoms with van der Waals surface area (Å²) in [6.07, 6.45) is 5.15. The van der Waals surface area contributed by atoms with Gasteiger partial charge in [-0.15, -0.1) is 0 Å². The Bertz CT molecular complexity index is 906. The third kappa shape index (κ3) is 5.28. The zero-order valence-corrected chi connectivity index (χ0v) is 18.4. The van der Waals surface area contributed by atoms with E-state index in [2.05, 4.69) is 20.1 Å². The Balaban J connectivity index is 1.29. The van der Waals surface area contributed by atoms with Gasteiger partial charge >= 0.3 is 0 Å². The Labute approximate surface area is 188 Å². The predicted molar refractivity (Wildman–Crippen MR) is 123 cm³/mol. The van der Waals surface area contributed by atoms with E-state index in [1.54, 1.807) is 18.3 Å². The van der Waals surface area contributed by atoms with Crippen molar-refractivity contribution in [3.8, 4) is 0 Å². The summed E-state index contributed by atoms with van der Waals surface area (Å²) in [6.45, 7) is 4.58. The van der Waals surface area contributed by atoms with Gasteiger partial charge in [0.05, 0.1) is 12.1 Å². The molecule has 2 saturated heterocycles. The highest BCUT2D eigenvalue weighted by atomic mass is 35.5. The monoisotopic (exact) mass is 441 g/mol. The molecule has 4 rings (SSSR count). The van der Waals surface area contributed by atoms with Gasteiger partial charge in [-0.05, 0) is 55.7 Å². The number of halogens is 1. The van der Waals surface area contributed by atoms with Gasteiger partial charge in [-0.3, -0.25) is 9.59 Å². The number of hydrogen-bond donors (Lipinski definition) is 1. The van der Waals surface area contributed by atoms with E-state index in [0.717, 1.165) is 44.7 Å². The van der Waals surface area contributed by atoms with E-state index in [9.17, 15) is 9.59 Å². The number of hydrogen-bond acceptors (Lipinski definition) is 5. The van der Waals surface area contributed by atoms with Crippen molar-refractivity contribution >= 4 is 34.9 Å². The number of amides is 2. The molecule has 0 unspecified atom stereocenters. The van der Waals surface area contributed by atoms with Crippen molar-refractivity contribution in [1.82, 2.24) is 15.2 Å². The zero-order chi connectivity index (χ0) is 21.6. The number of pyridine rings is 1. The van der Waals surface area contributed by atoms with Crippen LogP contribution in [0, 0.1) is 0 Å². The number of piperidine rings is 1. The topological polar surface area (TPSA) is 68.8 Å². The van der Waals surface area contributed by atoms with E-state index in [-0.39, 0.29) is 18.4 Å². The molecule has 1 aromatic carbocycles. The van der Waals surface area contributed by atoms with Crippen LogP contribution >= 0.6 is 11.6 Å². The summed E-state index contributed by atoms with van der Waals surface area (Å²) in [6, 6.07) is 11.3. The molecule has 2 fully saturated rings. The number of rotatable bonds is 5. The van der Waals surface area contributed by atoms with Crippen LogP contribution in [0.3, 0.4) is 0 Å². The van der Waals surface area contributed by atoms with E-state index >= 15 is 0 Å². The Morgan fingerprint density at radius 2 is 1.61 bits per heavy atom. The number of anilines is 2. The van der Waals surface area contributed by atoms with Gasteiger partial charge in [0.2, 0.25) is 5.91 Å². The molecule has 2 amide bonds. The molecule has 1 aromatic heterocycles. The highest BCUT2D eigenvalue weighted by molar-refractivity contribution is 6.30. The molecule has 164 valence electrons. The SMILES string of the molecule is O=C(NCC(=O)N1CCN(c2ccc(Cl)cc2)CC1)c1cccnc1N1CCCCC1.